The molecular weight excluding hydrogens is 194 g/mol. The summed E-state index contributed by atoms with van der Waals surface area (Å²) < 4.78 is 0. The van der Waals surface area contributed by atoms with E-state index in [1.54, 1.807) is 6.92 Å². The number of nitro groups is 1. The van der Waals surface area contributed by atoms with E-state index in [9.17, 15) is 0 Å². The Morgan fingerprint density at radius 3 is 2.33 bits per heavy atom. The molecule has 1 aromatic rings. The Labute approximate surface area is 88.1 Å². The second-order valence-electron chi connectivity index (χ2n) is 2.94. The molecule has 0 amide bonds. The number of hydrogen-bond acceptors (Lipinski definition) is 2. The summed E-state index contributed by atoms with van der Waals surface area (Å²) in [6.45, 7) is 1.80. The van der Waals surface area contributed by atoms with Crippen molar-refractivity contribution in [1.29, 1.82) is 0 Å². The average molecular weight is 207 g/mol. The minimum Gasteiger partial charge on any atom is -0.362 e. The fourth-order valence-corrected chi connectivity index (χ4v) is 0.927. The Bertz CT molecular complexity index is 352. The average Bonchev–Trinajstić information content (AvgIpc) is 2.18. The van der Waals surface area contributed by atoms with Gasteiger partial charge in [0.05, 0.1) is 6.42 Å². The maximum atomic E-state index is 8.81. The molecule has 1 rings (SSSR count). The van der Waals surface area contributed by atoms with E-state index in [2.05, 4.69) is 4.79 Å². The van der Waals surface area contributed by atoms with Gasteiger partial charge in [0.2, 0.25) is 0 Å². The lowest BCUT2D eigenvalue weighted by Gasteiger charge is -1.91. The fourth-order valence-electron chi connectivity index (χ4n) is 0.927. The summed E-state index contributed by atoms with van der Waals surface area (Å²) in [6, 6.07) is 9.93. The molecule has 0 spiro atoms. The van der Waals surface area contributed by atoms with Crippen LogP contribution in [0.3, 0.4) is 0 Å². The topological polar surface area (TPSA) is 79.5 Å². The van der Waals surface area contributed by atoms with E-state index in [0.717, 1.165) is 19.2 Å². The third-order valence-corrected chi connectivity index (χ3v) is 1.47. The van der Waals surface area contributed by atoms with Crippen LogP contribution in [-0.2, 0) is 6.42 Å². The van der Waals surface area contributed by atoms with Crippen LogP contribution < -0.4 is 0 Å². The normalized spacial score (nSPS) is 8.13. The first-order valence-electron chi connectivity index (χ1n) is 4.35. The zero-order valence-electron chi connectivity index (χ0n) is 8.75. The maximum absolute atomic E-state index is 8.81. The highest BCUT2D eigenvalue weighted by atomic mass is 16.6. The number of hydrogen-bond donors (Lipinski definition) is 0. The van der Waals surface area contributed by atoms with Crippen molar-refractivity contribution in [2.75, 3.05) is 7.05 Å². The SMILES string of the molecule is CC(Cc1ccccc1)=[N+]=[N-].C[N+](=O)[O-]. The molecule has 0 saturated carbocycles. The van der Waals surface area contributed by atoms with E-state index in [4.69, 9.17) is 15.6 Å². The van der Waals surface area contributed by atoms with E-state index in [1.807, 2.05) is 30.3 Å². The summed E-state index contributed by atoms with van der Waals surface area (Å²) >= 11 is 0. The summed E-state index contributed by atoms with van der Waals surface area (Å²) in [5.74, 6) is 0. The highest BCUT2D eigenvalue weighted by Crippen LogP contribution is 1.99. The molecule has 5 heteroatoms. The summed E-state index contributed by atoms with van der Waals surface area (Å²) in [5, 5.41) is 8.81. The van der Waals surface area contributed by atoms with Gasteiger partial charge in [-0.25, -0.2) is 0 Å². The monoisotopic (exact) mass is 207 g/mol. The van der Waals surface area contributed by atoms with Crippen molar-refractivity contribution in [2.24, 2.45) is 0 Å². The van der Waals surface area contributed by atoms with Crippen LogP contribution >= 0.6 is 0 Å². The van der Waals surface area contributed by atoms with Crippen molar-refractivity contribution in [3.05, 3.63) is 51.5 Å². The van der Waals surface area contributed by atoms with Gasteiger partial charge < -0.3 is 5.53 Å². The van der Waals surface area contributed by atoms with Crippen LogP contribution in [0.25, 0.3) is 5.53 Å². The van der Waals surface area contributed by atoms with Gasteiger partial charge in [0.1, 0.15) is 0 Å². The van der Waals surface area contributed by atoms with Crippen molar-refractivity contribution in [2.45, 2.75) is 13.3 Å². The predicted octanol–water partition coefficient (Wildman–Crippen LogP) is 1.81. The van der Waals surface area contributed by atoms with Gasteiger partial charge in [-0.3, -0.25) is 10.1 Å². The zero-order chi connectivity index (χ0) is 11.7. The van der Waals surface area contributed by atoms with E-state index in [1.165, 1.54) is 5.56 Å². The molecule has 0 aliphatic heterocycles. The van der Waals surface area contributed by atoms with Crippen LogP contribution in [0.4, 0.5) is 0 Å². The Morgan fingerprint density at radius 2 is 1.93 bits per heavy atom. The highest BCUT2D eigenvalue weighted by molar-refractivity contribution is 5.78. The molecule has 0 saturated heterocycles. The second-order valence-corrected chi connectivity index (χ2v) is 2.94. The number of rotatable bonds is 2. The van der Waals surface area contributed by atoms with Crippen LogP contribution in [0.5, 0.6) is 0 Å². The standard InChI is InChI=1S/C9H10N2.CH3NO2/c1-8(11-10)7-9-5-3-2-4-6-9;1-2(3)4/h2-6H,7H2,1H3;1H3. The molecule has 0 fully saturated rings. The van der Waals surface area contributed by atoms with Gasteiger partial charge in [-0.2, -0.15) is 4.79 Å². The molecule has 0 bridgehead atoms. The molecule has 0 radical (unpaired) electrons. The molecular formula is C10H13N3O2. The molecule has 15 heavy (non-hydrogen) atoms. The quantitative estimate of drug-likeness (QED) is 0.244. The lowest BCUT2D eigenvalue weighted by Crippen LogP contribution is -1.97. The maximum Gasteiger partial charge on any atom is 0.270 e. The van der Waals surface area contributed by atoms with Crippen molar-refractivity contribution >= 4 is 5.71 Å². The summed E-state index contributed by atoms with van der Waals surface area (Å²) in [4.78, 5) is 11.4. The first kappa shape index (κ1) is 13.0. The van der Waals surface area contributed by atoms with Crippen LogP contribution in [-0.4, -0.2) is 22.5 Å². The van der Waals surface area contributed by atoms with Gasteiger partial charge in [0.25, 0.3) is 5.71 Å². The van der Waals surface area contributed by atoms with Crippen LogP contribution in [0.2, 0.25) is 0 Å². The Morgan fingerprint density at radius 1 is 1.47 bits per heavy atom. The molecule has 1 aromatic carbocycles. The Kier molecular flexibility index (Phi) is 6.42. The van der Waals surface area contributed by atoms with E-state index < -0.39 is 4.92 Å². The molecule has 0 aromatic heterocycles. The first-order chi connectivity index (χ1) is 7.06. The first-order valence-corrected chi connectivity index (χ1v) is 4.35. The minimum atomic E-state index is -0.500. The van der Waals surface area contributed by atoms with Gasteiger partial charge in [-0.15, -0.1) is 0 Å². The van der Waals surface area contributed by atoms with Crippen molar-refractivity contribution in [3.63, 3.8) is 0 Å². The van der Waals surface area contributed by atoms with Gasteiger partial charge in [-0.1, -0.05) is 30.3 Å². The second kappa shape index (κ2) is 7.41. The third kappa shape index (κ3) is 8.33. The Hall–Kier alpha value is -2.00. The molecule has 0 unspecified atom stereocenters. The lowest BCUT2D eigenvalue weighted by molar-refractivity contribution is -0.445. The minimum absolute atomic E-state index is 0.500. The number of benzene rings is 1. The molecule has 0 N–H and O–H groups in total. The van der Waals surface area contributed by atoms with E-state index in [0.29, 0.717) is 0 Å². The van der Waals surface area contributed by atoms with Crippen LogP contribution in [0.15, 0.2) is 30.3 Å². The summed E-state index contributed by atoms with van der Waals surface area (Å²) in [6.07, 6.45) is 0.720. The molecule has 5 nitrogen and oxygen atoms in total. The van der Waals surface area contributed by atoms with Crippen molar-refractivity contribution < 1.29 is 9.71 Å². The van der Waals surface area contributed by atoms with E-state index >= 15 is 0 Å². The zero-order valence-corrected chi connectivity index (χ0v) is 8.75. The largest absolute Gasteiger partial charge is 0.362 e. The van der Waals surface area contributed by atoms with Crippen molar-refractivity contribution in [3.8, 4) is 0 Å². The van der Waals surface area contributed by atoms with Gasteiger partial charge >= 0.3 is 0 Å². The number of nitrogens with zero attached hydrogens (tertiary/aromatic N) is 3. The molecule has 0 aliphatic carbocycles. The fraction of sp³-hybridized carbons (Fsp3) is 0.300. The lowest BCUT2D eigenvalue weighted by atomic mass is 10.1. The van der Waals surface area contributed by atoms with Gasteiger partial charge in [0.15, 0.2) is 7.05 Å². The van der Waals surface area contributed by atoms with Crippen molar-refractivity contribution in [1.82, 2.24) is 0 Å². The highest BCUT2D eigenvalue weighted by Gasteiger charge is 1.99. The van der Waals surface area contributed by atoms with Crippen LogP contribution in [0.1, 0.15) is 12.5 Å². The van der Waals surface area contributed by atoms with E-state index in [-0.39, 0.29) is 0 Å². The molecule has 0 aliphatic rings. The summed E-state index contributed by atoms with van der Waals surface area (Å²) in [5.41, 5.74) is 10.3. The Balaban J connectivity index is 0.000000423. The predicted molar refractivity (Wildman–Crippen MR) is 57.4 cm³/mol. The smallest absolute Gasteiger partial charge is 0.270 e. The summed E-state index contributed by atoms with van der Waals surface area (Å²) in [7, 11) is 0.889. The molecule has 0 atom stereocenters. The van der Waals surface area contributed by atoms with Gasteiger partial charge in [-0.05, 0) is 5.56 Å². The van der Waals surface area contributed by atoms with Gasteiger partial charge in [0, 0.05) is 11.8 Å². The molecule has 0 heterocycles. The third-order valence-electron chi connectivity index (χ3n) is 1.47. The molecule has 80 valence electrons. The van der Waals surface area contributed by atoms with Crippen LogP contribution in [0, 0.1) is 10.1 Å².